The molecule has 0 saturated carbocycles. The first-order valence-electron chi connectivity index (χ1n) is 5.72. The molecule has 0 atom stereocenters. The van der Waals surface area contributed by atoms with Crippen molar-refractivity contribution in [3.63, 3.8) is 0 Å². The van der Waals surface area contributed by atoms with Crippen LogP contribution in [0.1, 0.15) is 15.9 Å². The number of carbonyl (C=O) groups is 1. The van der Waals surface area contributed by atoms with E-state index in [1.165, 1.54) is 0 Å². The molecule has 0 fully saturated rings. The van der Waals surface area contributed by atoms with Crippen molar-refractivity contribution in [1.29, 1.82) is 0 Å². The van der Waals surface area contributed by atoms with E-state index in [2.05, 4.69) is 20.9 Å². The maximum absolute atomic E-state index is 11.2. The molecule has 0 spiro atoms. The van der Waals surface area contributed by atoms with Crippen molar-refractivity contribution in [2.45, 2.75) is 6.54 Å². The number of aromatic nitrogens is 1. The molecule has 4 nitrogen and oxygen atoms in total. The summed E-state index contributed by atoms with van der Waals surface area (Å²) in [6, 6.07) is 11.1. The quantitative estimate of drug-likeness (QED) is 0.940. The number of carboxylic acids is 1. The van der Waals surface area contributed by atoms with Gasteiger partial charge in [-0.2, -0.15) is 0 Å². The Hall–Kier alpha value is -1.88. The number of anilines is 1. The lowest BCUT2D eigenvalue weighted by atomic mass is 10.2. The van der Waals surface area contributed by atoms with Crippen molar-refractivity contribution in [1.82, 2.24) is 4.98 Å². The van der Waals surface area contributed by atoms with Gasteiger partial charge in [-0.15, -0.1) is 0 Å². The molecule has 0 unspecified atom stereocenters. The van der Waals surface area contributed by atoms with Crippen molar-refractivity contribution in [2.24, 2.45) is 0 Å². The number of rotatable bonds is 4. The fourth-order valence-electron chi connectivity index (χ4n) is 1.85. The summed E-state index contributed by atoms with van der Waals surface area (Å²) in [5, 5.41) is 9.15. The van der Waals surface area contributed by atoms with Gasteiger partial charge in [0, 0.05) is 24.3 Å². The number of halogens is 1. The van der Waals surface area contributed by atoms with Gasteiger partial charge in [-0.25, -0.2) is 9.78 Å². The van der Waals surface area contributed by atoms with Gasteiger partial charge >= 0.3 is 5.97 Å². The zero-order valence-electron chi connectivity index (χ0n) is 10.4. The Labute approximate surface area is 119 Å². The molecule has 2 aromatic rings. The molecular weight excluding hydrogens is 308 g/mol. The Bertz CT molecular complexity index is 602. The summed E-state index contributed by atoms with van der Waals surface area (Å²) in [5.41, 5.74) is 1.29. The highest BCUT2D eigenvalue weighted by molar-refractivity contribution is 9.10. The van der Waals surface area contributed by atoms with Gasteiger partial charge in [0.25, 0.3) is 0 Å². The van der Waals surface area contributed by atoms with Crippen LogP contribution in [0.3, 0.4) is 0 Å². The summed E-state index contributed by atoms with van der Waals surface area (Å²) in [7, 11) is 1.83. The molecule has 0 aliphatic heterocycles. The molecule has 0 aliphatic rings. The van der Waals surface area contributed by atoms with Crippen molar-refractivity contribution >= 4 is 27.7 Å². The zero-order chi connectivity index (χ0) is 13.8. The van der Waals surface area contributed by atoms with Crippen LogP contribution in [0.25, 0.3) is 0 Å². The van der Waals surface area contributed by atoms with E-state index in [0.29, 0.717) is 12.4 Å². The normalized spacial score (nSPS) is 10.2. The van der Waals surface area contributed by atoms with Crippen LogP contribution >= 0.6 is 15.9 Å². The van der Waals surface area contributed by atoms with Gasteiger partial charge in [-0.1, -0.05) is 28.1 Å². The molecule has 19 heavy (non-hydrogen) atoms. The third kappa shape index (κ3) is 3.32. The summed E-state index contributed by atoms with van der Waals surface area (Å²) in [4.78, 5) is 17.1. The molecule has 2 rings (SSSR count). The minimum atomic E-state index is -0.968. The number of hydrogen-bond acceptors (Lipinski definition) is 3. The van der Waals surface area contributed by atoms with Gasteiger partial charge < -0.3 is 10.0 Å². The summed E-state index contributed by atoms with van der Waals surface area (Å²) >= 11 is 3.42. The Morgan fingerprint density at radius 1 is 1.37 bits per heavy atom. The maximum Gasteiger partial charge on any atom is 0.339 e. The maximum atomic E-state index is 11.2. The summed E-state index contributed by atoms with van der Waals surface area (Å²) in [6.45, 7) is 0.594. The van der Waals surface area contributed by atoms with Crippen LogP contribution in [0.5, 0.6) is 0 Å². The Kier molecular flexibility index (Phi) is 4.16. The molecule has 0 bridgehead atoms. The Morgan fingerprint density at radius 2 is 2.16 bits per heavy atom. The second kappa shape index (κ2) is 5.84. The second-order valence-electron chi connectivity index (χ2n) is 4.17. The van der Waals surface area contributed by atoms with Crippen molar-refractivity contribution in [3.8, 4) is 0 Å². The molecule has 0 saturated heterocycles. The third-order valence-corrected chi connectivity index (χ3v) is 3.18. The van der Waals surface area contributed by atoms with Crippen molar-refractivity contribution < 1.29 is 9.90 Å². The summed E-state index contributed by atoms with van der Waals surface area (Å²) < 4.78 is 0.998. The van der Waals surface area contributed by atoms with Crippen molar-refractivity contribution in [2.75, 3.05) is 11.9 Å². The number of hydrogen-bond donors (Lipinski definition) is 1. The lowest BCUT2D eigenvalue weighted by Gasteiger charge is -2.20. The summed E-state index contributed by atoms with van der Waals surface area (Å²) in [6.07, 6.45) is 1.60. The molecule has 1 N–H and O–H groups in total. The summed E-state index contributed by atoms with van der Waals surface area (Å²) in [5.74, 6) is -0.501. The zero-order valence-corrected chi connectivity index (χ0v) is 12.0. The first-order chi connectivity index (χ1) is 9.08. The molecule has 5 heteroatoms. The van der Waals surface area contributed by atoms with E-state index in [1.54, 1.807) is 18.3 Å². The predicted molar refractivity (Wildman–Crippen MR) is 77.4 cm³/mol. The van der Waals surface area contributed by atoms with E-state index in [0.717, 1.165) is 10.0 Å². The number of benzene rings is 1. The largest absolute Gasteiger partial charge is 0.478 e. The highest BCUT2D eigenvalue weighted by Gasteiger charge is 2.14. The van der Waals surface area contributed by atoms with Crippen LogP contribution in [-0.4, -0.2) is 23.1 Å². The Balaban J connectivity index is 2.25. The smallest absolute Gasteiger partial charge is 0.339 e. The fourth-order valence-corrected chi connectivity index (χ4v) is 2.30. The third-order valence-electron chi connectivity index (χ3n) is 2.69. The standard InChI is InChI=1S/C14H13BrN2O2/c1-17(9-10-4-2-5-11(15)8-10)13-12(14(18)19)6-3-7-16-13/h2-8H,9H2,1H3,(H,18,19). The van der Waals surface area contributed by atoms with Crippen LogP contribution in [0.4, 0.5) is 5.82 Å². The van der Waals surface area contributed by atoms with E-state index in [1.807, 2.05) is 36.2 Å². The van der Waals surface area contributed by atoms with E-state index >= 15 is 0 Å². The average molecular weight is 321 g/mol. The van der Waals surface area contributed by atoms with Crippen molar-refractivity contribution in [3.05, 3.63) is 58.2 Å². The SMILES string of the molecule is CN(Cc1cccc(Br)c1)c1ncccc1C(=O)O. The van der Waals surface area contributed by atoms with Crippen LogP contribution in [-0.2, 0) is 6.54 Å². The first kappa shape index (κ1) is 13.5. The molecule has 98 valence electrons. The predicted octanol–water partition coefficient (Wildman–Crippen LogP) is 3.18. The fraction of sp³-hybridized carbons (Fsp3) is 0.143. The van der Waals surface area contributed by atoms with Crippen LogP contribution in [0, 0.1) is 0 Å². The molecule has 0 radical (unpaired) electrons. The average Bonchev–Trinajstić information content (AvgIpc) is 2.38. The van der Waals surface area contributed by atoms with Gasteiger partial charge in [-0.05, 0) is 29.8 Å². The van der Waals surface area contributed by atoms with Crippen LogP contribution in [0.15, 0.2) is 47.1 Å². The molecule has 0 aliphatic carbocycles. The number of aromatic carboxylic acids is 1. The lowest BCUT2D eigenvalue weighted by molar-refractivity contribution is 0.0697. The first-order valence-corrected chi connectivity index (χ1v) is 6.51. The second-order valence-corrected chi connectivity index (χ2v) is 5.08. The van der Waals surface area contributed by atoms with E-state index in [9.17, 15) is 4.79 Å². The highest BCUT2D eigenvalue weighted by atomic mass is 79.9. The van der Waals surface area contributed by atoms with Gasteiger partial charge in [0.05, 0.1) is 0 Å². The van der Waals surface area contributed by atoms with Gasteiger partial charge in [-0.3, -0.25) is 0 Å². The van der Waals surface area contributed by atoms with Gasteiger partial charge in [0.1, 0.15) is 11.4 Å². The number of nitrogens with zero attached hydrogens (tertiary/aromatic N) is 2. The molecular formula is C14H13BrN2O2. The minimum absolute atomic E-state index is 0.208. The van der Waals surface area contributed by atoms with Gasteiger partial charge in [0.15, 0.2) is 0 Å². The van der Waals surface area contributed by atoms with E-state index < -0.39 is 5.97 Å². The van der Waals surface area contributed by atoms with Crippen LogP contribution in [0.2, 0.25) is 0 Å². The monoisotopic (exact) mass is 320 g/mol. The molecule has 1 heterocycles. The highest BCUT2D eigenvalue weighted by Crippen LogP contribution is 2.19. The van der Waals surface area contributed by atoms with Gasteiger partial charge in [0.2, 0.25) is 0 Å². The Morgan fingerprint density at radius 3 is 2.84 bits per heavy atom. The lowest BCUT2D eigenvalue weighted by Crippen LogP contribution is -2.20. The van der Waals surface area contributed by atoms with Crippen LogP contribution < -0.4 is 4.90 Å². The molecule has 1 aromatic carbocycles. The number of carboxylic acid groups (broad SMARTS) is 1. The molecule has 0 amide bonds. The minimum Gasteiger partial charge on any atom is -0.478 e. The number of pyridine rings is 1. The van der Waals surface area contributed by atoms with E-state index in [-0.39, 0.29) is 5.56 Å². The van der Waals surface area contributed by atoms with E-state index in [4.69, 9.17) is 5.11 Å². The molecule has 1 aromatic heterocycles. The topological polar surface area (TPSA) is 53.4 Å².